The van der Waals surface area contributed by atoms with E-state index in [0.717, 1.165) is 41.2 Å². The van der Waals surface area contributed by atoms with Gasteiger partial charge in [0.1, 0.15) is 5.82 Å². The summed E-state index contributed by atoms with van der Waals surface area (Å²) < 4.78 is 13.2. The van der Waals surface area contributed by atoms with Crippen LogP contribution in [0.5, 0.6) is 0 Å². The minimum absolute atomic E-state index is 0.142. The third kappa shape index (κ3) is 2.83. The van der Waals surface area contributed by atoms with Crippen molar-refractivity contribution in [2.45, 2.75) is 26.7 Å². The van der Waals surface area contributed by atoms with Crippen molar-refractivity contribution in [1.82, 2.24) is 9.88 Å². The highest BCUT2D eigenvalue weighted by Crippen LogP contribution is 2.30. The van der Waals surface area contributed by atoms with Crippen molar-refractivity contribution in [3.8, 4) is 11.1 Å². The van der Waals surface area contributed by atoms with E-state index < -0.39 is 0 Å². The lowest BCUT2D eigenvalue weighted by atomic mass is 9.97. The molecule has 0 amide bonds. The maximum absolute atomic E-state index is 13.2. The van der Waals surface area contributed by atoms with E-state index in [-0.39, 0.29) is 11.6 Å². The molecule has 1 N–H and O–H groups in total. The highest BCUT2D eigenvalue weighted by molar-refractivity contribution is 6.05. The van der Waals surface area contributed by atoms with Crippen molar-refractivity contribution < 1.29 is 9.18 Å². The van der Waals surface area contributed by atoms with Crippen molar-refractivity contribution in [3.63, 3.8) is 0 Å². The largest absolute Gasteiger partial charge is 0.362 e. The Morgan fingerprint density at radius 3 is 2.41 bits per heavy atom. The number of benzene rings is 1. The maximum atomic E-state index is 13.2. The van der Waals surface area contributed by atoms with Crippen LogP contribution >= 0.6 is 0 Å². The van der Waals surface area contributed by atoms with Crippen molar-refractivity contribution >= 4 is 5.78 Å². The van der Waals surface area contributed by atoms with E-state index in [1.165, 1.54) is 25.0 Å². The van der Waals surface area contributed by atoms with Gasteiger partial charge in [-0.15, -0.1) is 0 Å². The Bertz CT molecular complexity index is 682. The van der Waals surface area contributed by atoms with Gasteiger partial charge in [0, 0.05) is 22.5 Å². The molecule has 22 heavy (non-hydrogen) atoms. The fourth-order valence-corrected chi connectivity index (χ4v) is 3.33. The predicted octanol–water partition coefficient (Wildman–Crippen LogP) is 3.72. The fraction of sp³-hybridized carbons (Fsp3) is 0.389. The zero-order valence-corrected chi connectivity index (χ0v) is 13.1. The van der Waals surface area contributed by atoms with Crippen LogP contribution in [0.3, 0.4) is 0 Å². The van der Waals surface area contributed by atoms with Crippen molar-refractivity contribution in [1.29, 1.82) is 0 Å². The first-order chi connectivity index (χ1) is 10.6. The number of aromatic nitrogens is 1. The fourth-order valence-electron chi connectivity index (χ4n) is 3.33. The molecular weight excluding hydrogens is 279 g/mol. The van der Waals surface area contributed by atoms with Crippen LogP contribution in [0.4, 0.5) is 4.39 Å². The first kappa shape index (κ1) is 15.0. The van der Waals surface area contributed by atoms with Gasteiger partial charge in [-0.05, 0) is 57.5 Å². The molecule has 1 saturated heterocycles. The number of nitrogens with zero attached hydrogens (tertiary/aromatic N) is 1. The summed E-state index contributed by atoms with van der Waals surface area (Å²) >= 11 is 0. The minimum atomic E-state index is -0.265. The van der Waals surface area contributed by atoms with Gasteiger partial charge in [-0.25, -0.2) is 4.39 Å². The number of nitrogens with one attached hydrogen (secondary N) is 1. The molecule has 1 aromatic heterocycles. The molecule has 3 nitrogen and oxygen atoms in total. The van der Waals surface area contributed by atoms with Crippen molar-refractivity contribution in [3.05, 3.63) is 47.0 Å². The summed E-state index contributed by atoms with van der Waals surface area (Å²) in [7, 11) is 0. The van der Waals surface area contributed by atoms with E-state index >= 15 is 0 Å². The quantitative estimate of drug-likeness (QED) is 0.874. The number of halogens is 1. The molecule has 116 valence electrons. The third-order valence-electron chi connectivity index (χ3n) is 4.35. The molecule has 0 spiro atoms. The number of carbonyl (C=O) groups is 1. The first-order valence-corrected chi connectivity index (χ1v) is 7.77. The van der Waals surface area contributed by atoms with Crippen LogP contribution < -0.4 is 0 Å². The van der Waals surface area contributed by atoms with E-state index in [2.05, 4.69) is 9.88 Å². The lowest BCUT2D eigenvalue weighted by Gasteiger charge is -2.14. The van der Waals surface area contributed by atoms with Gasteiger partial charge in [0.15, 0.2) is 5.78 Å². The standard InChI is InChI=1S/C18H21FN2O/c1-12-17(14-5-7-15(19)8-6-14)18(13(2)20-12)16(22)11-21-9-3-4-10-21/h5-8,20H,3-4,9-11H2,1-2H3. The Balaban J connectivity index is 1.96. The third-order valence-corrected chi connectivity index (χ3v) is 4.35. The second-order valence-electron chi connectivity index (χ2n) is 6.04. The van der Waals surface area contributed by atoms with Gasteiger partial charge in [-0.2, -0.15) is 0 Å². The van der Waals surface area contributed by atoms with E-state index in [1.54, 1.807) is 12.1 Å². The number of Topliss-reactive ketones (excluding diaryl/α,β-unsaturated/α-hetero) is 1. The van der Waals surface area contributed by atoms with Crippen LogP contribution in [-0.4, -0.2) is 35.3 Å². The van der Waals surface area contributed by atoms with Gasteiger partial charge in [-0.3, -0.25) is 9.69 Å². The number of rotatable bonds is 4. The average molecular weight is 300 g/mol. The van der Waals surface area contributed by atoms with E-state index in [0.29, 0.717) is 6.54 Å². The minimum Gasteiger partial charge on any atom is -0.362 e. The number of carbonyl (C=O) groups excluding carboxylic acids is 1. The Labute approximate surface area is 130 Å². The SMILES string of the molecule is Cc1[nH]c(C)c(-c2ccc(F)cc2)c1C(=O)CN1CCCC1. The van der Waals surface area contributed by atoms with Crippen molar-refractivity contribution in [2.24, 2.45) is 0 Å². The summed E-state index contributed by atoms with van der Waals surface area (Å²) in [4.78, 5) is 18.2. The van der Waals surface area contributed by atoms with Gasteiger partial charge in [-0.1, -0.05) is 12.1 Å². The number of H-pyrrole nitrogens is 1. The molecule has 4 heteroatoms. The van der Waals surface area contributed by atoms with Crippen molar-refractivity contribution in [2.75, 3.05) is 19.6 Å². The number of ketones is 1. The summed E-state index contributed by atoms with van der Waals surface area (Å²) in [5.74, 6) is -0.123. The molecule has 2 heterocycles. The molecule has 1 fully saturated rings. The Kier molecular flexibility index (Phi) is 4.12. The summed E-state index contributed by atoms with van der Waals surface area (Å²) in [6, 6.07) is 6.34. The highest BCUT2D eigenvalue weighted by Gasteiger charge is 2.23. The molecule has 2 aromatic rings. The van der Waals surface area contributed by atoms with Gasteiger partial charge < -0.3 is 4.98 Å². The Hall–Kier alpha value is -1.94. The first-order valence-electron chi connectivity index (χ1n) is 7.77. The maximum Gasteiger partial charge on any atom is 0.179 e. The van der Waals surface area contributed by atoms with E-state index in [4.69, 9.17) is 0 Å². The molecule has 0 unspecified atom stereocenters. The molecular formula is C18H21FN2O. The van der Waals surface area contributed by atoms with E-state index in [9.17, 15) is 9.18 Å². The molecule has 0 saturated carbocycles. The van der Waals surface area contributed by atoms with Crippen LogP contribution in [-0.2, 0) is 0 Å². The monoisotopic (exact) mass is 300 g/mol. The topological polar surface area (TPSA) is 36.1 Å². The second-order valence-corrected chi connectivity index (χ2v) is 6.04. The van der Waals surface area contributed by atoms with Crippen LogP contribution in [0.25, 0.3) is 11.1 Å². The number of hydrogen-bond acceptors (Lipinski definition) is 2. The molecule has 1 aliphatic heterocycles. The second kappa shape index (κ2) is 6.05. The van der Waals surface area contributed by atoms with Crippen LogP contribution in [0.1, 0.15) is 34.6 Å². The van der Waals surface area contributed by atoms with Crippen LogP contribution in [0, 0.1) is 19.7 Å². The number of likely N-dealkylation sites (tertiary alicyclic amines) is 1. The predicted molar refractivity (Wildman–Crippen MR) is 85.7 cm³/mol. The summed E-state index contributed by atoms with van der Waals surface area (Å²) in [6.07, 6.45) is 2.34. The lowest BCUT2D eigenvalue weighted by Crippen LogP contribution is -2.27. The molecule has 0 bridgehead atoms. The number of aryl methyl sites for hydroxylation is 2. The Morgan fingerprint density at radius 2 is 1.77 bits per heavy atom. The zero-order valence-electron chi connectivity index (χ0n) is 13.1. The van der Waals surface area contributed by atoms with Gasteiger partial charge in [0.05, 0.1) is 6.54 Å². The zero-order chi connectivity index (χ0) is 15.7. The summed E-state index contributed by atoms with van der Waals surface area (Å²) in [6.45, 7) is 6.35. The van der Waals surface area contributed by atoms with Crippen LogP contribution in [0.2, 0.25) is 0 Å². The van der Waals surface area contributed by atoms with Gasteiger partial charge >= 0.3 is 0 Å². The molecule has 0 radical (unpaired) electrons. The van der Waals surface area contributed by atoms with Gasteiger partial charge in [0.25, 0.3) is 0 Å². The molecule has 3 rings (SSSR count). The lowest BCUT2D eigenvalue weighted by molar-refractivity contribution is 0.0945. The number of hydrogen-bond donors (Lipinski definition) is 1. The molecule has 0 atom stereocenters. The summed E-state index contributed by atoms with van der Waals surface area (Å²) in [5, 5.41) is 0. The molecule has 1 aliphatic rings. The molecule has 0 aliphatic carbocycles. The average Bonchev–Trinajstić information content (AvgIpc) is 3.07. The summed E-state index contributed by atoms with van der Waals surface area (Å²) in [5.41, 5.74) is 4.38. The number of aromatic amines is 1. The Morgan fingerprint density at radius 1 is 1.14 bits per heavy atom. The highest BCUT2D eigenvalue weighted by atomic mass is 19.1. The van der Waals surface area contributed by atoms with Gasteiger partial charge in [0.2, 0.25) is 0 Å². The smallest absolute Gasteiger partial charge is 0.179 e. The van der Waals surface area contributed by atoms with Crippen LogP contribution in [0.15, 0.2) is 24.3 Å². The normalized spacial score (nSPS) is 15.4. The molecule has 1 aromatic carbocycles. The van der Waals surface area contributed by atoms with E-state index in [1.807, 2.05) is 13.8 Å².